The summed E-state index contributed by atoms with van der Waals surface area (Å²) in [4.78, 5) is 14.6. The highest BCUT2D eigenvalue weighted by Crippen LogP contribution is 2.35. The van der Waals surface area contributed by atoms with E-state index in [1.54, 1.807) is 6.21 Å². The van der Waals surface area contributed by atoms with E-state index in [-0.39, 0.29) is 5.91 Å². The van der Waals surface area contributed by atoms with E-state index < -0.39 is 0 Å². The Bertz CT molecular complexity index is 1320. The summed E-state index contributed by atoms with van der Waals surface area (Å²) in [6.07, 6.45) is 1.75. The van der Waals surface area contributed by atoms with Crippen LogP contribution in [0.2, 0.25) is 0 Å². The normalized spacial score (nSPS) is 14.2. The molecule has 0 spiro atoms. The first-order chi connectivity index (χ1) is 17.7. The molecular formula is C30H30N4O2. The average molecular weight is 479 g/mol. The summed E-state index contributed by atoms with van der Waals surface area (Å²) in [5.41, 5.74) is 10.2. The zero-order valence-corrected chi connectivity index (χ0v) is 20.4. The number of aryl methyl sites for hydroxylation is 1. The van der Waals surface area contributed by atoms with Gasteiger partial charge in [0.2, 0.25) is 0 Å². The minimum absolute atomic E-state index is 0.129. The number of aromatic nitrogens is 1. The van der Waals surface area contributed by atoms with Gasteiger partial charge in [-0.1, -0.05) is 78.4 Å². The second-order valence-corrected chi connectivity index (χ2v) is 8.92. The van der Waals surface area contributed by atoms with Crippen LogP contribution in [0, 0.1) is 6.92 Å². The molecule has 36 heavy (non-hydrogen) atoms. The molecule has 182 valence electrons. The lowest BCUT2D eigenvalue weighted by Crippen LogP contribution is -2.42. The Labute approximate surface area is 211 Å². The van der Waals surface area contributed by atoms with Gasteiger partial charge in [-0.2, -0.15) is 5.10 Å². The quantitative estimate of drug-likeness (QED) is 0.304. The number of nitrogens with zero attached hydrogens (tertiary/aromatic N) is 3. The van der Waals surface area contributed by atoms with Crippen molar-refractivity contribution in [2.75, 3.05) is 32.8 Å². The summed E-state index contributed by atoms with van der Waals surface area (Å²) in [6.45, 7) is 5.24. The molecule has 1 aliphatic rings. The Morgan fingerprint density at radius 1 is 0.917 bits per heavy atom. The zero-order valence-electron chi connectivity index (χ0n) is 20.4. The van der Waals surface area contributed by atoms with Crippen LogP contribution < -0.4 is 5.43 Å². The Morgan fingerprint density at radius 3 is 2.22 bits per heavy atom. The third-order valence-corrected chi connectivity index (χ3v) is 6.30. The largest absolute Gasteiger partial charge is 0.379 e. The van der Waals surface area contributed by atoms with Gasteiger partial charge in [0.1, 0.15) is 0 Å². The first-order valence-electron chi connectivity index (χ1n) is 12.2. The number of hydrogen-bond donors (Lipinski definition) is 1. The van der Waals surface area contributed by atoms with Gasteiger partial charge in [-0.15, -0.1) is 0 Å². The highest BCUT2D eigenvalue weighted by molar-refractivity contribution is 5.94. The van der Waals surface area contributed by atoms with E-state index in [0.29, 0.717) is 19.8 Å². The number of morpholine rings is 1. The van der Waals surface area contributed by atoms with Crippen LogP contribution in [-0.4, -0.2) is 54.4 Å². The van der Waals surface area contributed by atoms with Crippen LogP contribution >= 0.6 is 0 Å². The third kappa shape index (κ3) is 5.46. The van der Waals surface area contributed by atoms with Crippen LogP contribution in [0.25, 0.3) is 28.2 Å². The smallest absolute Gasteiger partial charge is 0.254 e. The molecule has 1 fully saturated rings. The van der Waals surface area contributed by atoms with Crippen molar-refractivity contribution in [1.82, 2.24) is 14.9 Å². The van der Waals surface area contributed by atoms with Gasteiger partial charge in [-0.3, -0.25) is 9.69 Å². The standard InChI is InChI=1S/C30H30N4O2/c1-23-12-14-27(15-13-23)34-28(24-8-4-2-5-9-24)20-26(30(34)25-10-6-3-7-11-25)21-31-32-29(35)22-33-16-18-36-19-17-33/h2-15,20-21H,16-19,22H2,1H3,(H,32,35). The summed E-state index contributed by atoms with van der Waals surface area (Å²) in [5.74, 6) is -0.129. The molecule has 2 heterocycles. The Balaban J connectivity index is 1.54. The van der Waals surface area contributed by atoms with Crippen molar-refractivity contribution in [2.45, 2.75) is 6.92 Å². The van der Waals surface area contributed by atoms with Gasteiger partial charge >= 0.3 is 0 Å². The lowest BCUT2D eigenvalue weighted by Gasteiger charge is -2.25. The van der Waals surface area contributed by atoms with Gasteiger partial charge in [0.15, 0.2) is 0 Å². The molecule has 0 aliphatic carbocycles. The maximum atomic E-state index is 12.5. The molecule has 0 unspecified atom stereocenters. The molecule has 1 N–H and O–H groups in total. The monoisotopic (exact) mass is 478 g/mol. The molecule has 4 aromatic rings. The fourth-order valence-electron chi connectivity index (χ4n) is 4.47. The van der Waals surface area contributed by atoms with Crippen molar-refractivity contribution in [3.63, 3.8) is 0 Å². The predicted octanol–water partition coefficient (Wildman–Crippen LogP) is 4.90. The van der Waals surface area contributed by atoms with Crippen LogP contribution in [0.15, 0.2) is 96.1 Å². The van der Waals surface area contributed by atoms with Crippen LogP contribution in [0.3, 0.4) is 0 Å². The van der Waals surface area contributed by atoms with Gasteiger partial charge in [0.05, 0.1) is 37.4 Å². The van der Waals surface area contributed by atoms with Gasteiger partial charge in [0, 0.05) is 24.3 Å². The van der Waals surface area contributed by atoms with E-state index in [9.17, 15) is 4.79 Å². The number of rotatable bonds is 7. The van der Waals surface area contributed by atoms with Crippen LogP contribution in [-0.2, 0) is 9.53 Å². The summed E-state index contributed by atoms with van der Waals surface area (Å²) in [6, 6.07) is 31.3. The fraction of sp³-hybridized carbons (Fsp3) is 0.200. The number of ether oxygens (including phenoxy) is 1. The van der Waals surface area contributed by atoms with Crippen LogP contribution in [0.5, 0.6) is 0 Å². The number of carbonyl (C=O) groups excluding carboxylic acids is 1. The topological polar surface area (TPSA) is 58.9 Å². The minimum Gasteiger partial charge on any atom is -0.379 e. The molecule has 3 aromatic carbocycles. The minimum atomic E-state index is -0.129. The third-order valence-electron chi connectivity index (χ3n) is 6.30. The molecule has 1 aromatic heterocycles. The van der Waals surface area contributed by atoms with Gasteiger partial charge < -0.3 is 9.30 Å². The molecule has 6 heteroatoms. The van der Waals surface area contributed by atoms with E-state index >= 15 is 0 Å². The molecule has 0 radical (unpaired) electrons. The van der Waals surface area contributed by atoms with Gasteiger partial charge in [-0.25, -0.2) is 5.43 Å². The second-order valence-electron chi connectivity index (χ2n) is 8.92. The highest BCUT2D eigenvalue weighted by atomic mass is 16.5. The fourth-order valence-corrected chi connectivity index (χ4v) is 4.47. The number of benzene rings is 3. The van der Waals surface area contributed by atoms with E-state index in [4.69, 9.17) is 4.74 Å². The van der Waals surface area contributed by atoms with Crippen molar-refractivity contribution in [2.24, 2.45) is 5.10 Å². The van der Waals surface area contributed by atoms with E-state index in [1.165, 1.54) is 5.56 Å². The van der Waals surface area contributed by atoms with E-state index in [0.717, 1.165) is 46.9 Å². The Kier molecular flexibility index (Phi) is 7.36. The van der Waals surface area contributed by atoms with Crippen LogP contribution in [0.1, 0.15) is 11.1 Å². The van der Waals surface area contributed by atoms with Gasteiger partial charge in [-0.05, 0) is 36.2 Å². The van der Waals surface area contributed by atoms with Crippen molar-refractivity contribution >= 4 is 12.1 Å². The summed E-state index contributed by atoms with van der Waals surface area (Å²) in [7, 11) is 0. The Hall–Kier alpha value is -4.00. The zero-order chi connectivity index (χ0) is 24.7. The molecule has 6 nitrogen and oxygen atoms in total. The van der Waals surface area contributed by atoms with Crippen molar-refractivity contribution in [1.29, 1.82) is 0 Å². The molecular weight excluding hydrogens is 448 g/mol. The molecule has 1 amide bonds. The van der Waals surface area contributed by atoms with Crippen LogP contribution in [0.4, 0.5) is 0 Å². The SMILES string of the molecule is Cc1ccc(-n2c(-c3ccccc3)cc(C=NNC(=O)CN3CCOCC3)c2-c2ccccc2)cc1. The molecule has 0 bridgehead atoms. The maximum Gasteiger partial charge on any atom is 0.254 e. The van der Waals surface area contributed by atoms with Gasteiger partial charge in [0.25, 0.3) is 5.91 Å². The molecule has 5 rings (SSSR count). The second kappa shape index (κ2) is 11.2. The first-order valence-corrected chi connectivity index (χ1v) is 12.2. The lowest BCUT2D eigenvalue weighted by molar-refractivity contribution is -0.123. The first kappa shape index (κ1) is 23.7. The van der Waals surface area contributed by atoms with Crippen molar-refractivity contribution < 1.29 is 9.53 Å². The molecule has 0 atom stereocenters. The summed E-state index contributed by atoms with van der Waals surface area (Å²) < 4.78 is 7.63. The predicted molar refractivity (Wildman–Crippen MR) is 144 cm³/mol. The van der Waals surface area contributed by atoms with E-state index in [1.807, 2.05) is 36.4 Å². The lowest BCUT2D eigenvalue weighted by atomic mass is 10.1. The number of hydrazone groups is 1. The summed E-state index contributed by atoms with van der Waals surface area (Å²) in [5, 5.41) is 4.35. The molecule has 0 saturated carbocycles. The average Bonchev–Trinajstić information content (AvgIpc) is 3.30. The Morgan fingerprint density at radius 2 is 1.56 bits per heavy atom. The molecule has 1 aliphatic heterocycles. The van der Waals surface area contributed by atoms with Crippen molar-refractivity contribution in [3.05, 3.63) is 102 Å². The number of hydrogen-bond acceptors (Lipinski definition) is 4. The maximum absolute atomic E-state index is 12.5. The highest BCUT2D eigenvalue weighted by Gasteiger charge is 2.19. The summed E-state index contributed by atoms with van der Waals surface area (Å²) >= 11 is 0. The number of nitrogens with one attached hydrogen (secondary N) is 1. The molecule has 1 saturated heterocycles. The van der Waals surface area contributed by atoms with E-state index in [2.05, 4.69) is 81.5 Å². The number of carbonyl (C=O) groups is 1. The number of amides is 1. The van der Waals surface area contributed by atoms with Crippen molar-refractivity contribution in [3.8, 4) is 28.2 Å².